The lowest BCUT2D eigenvalue weighted by molar-refractivity contribution is 0.391. The van der Waals surface area contributed by atoms with Gasteiger partial charge in [-0.1, -0.05) is 30.3 Å². The Balaban J connectivity index is 1.36. The average Bonchev–Trinajstić information content (AvgIpc) is 3.80. The van der Waals surface area contributed by atoms with Crippen molar-refractivity contribution in [3.8, 4) is 11.1 Å². The highest BCUT2D eigenvalue weighted by molar-refractivity contribution is 7.89. The Kier molecular flexibility index (Phi) is 5.73. The molecule has 0 radical (unpaired) electrons. The van der Waals surface area contributed by atoms with E-state index in [2.05, 4.69) is 15.3 Å². The van der Waals surface area contributed by atoms with Gasteiger partial charge in [0.25, 0.3) is 0 Å². The molecule has 184 valence electrons. The molecule has 0 unspecified atom stereocenters. The summed E-state index contributed by atoms with van der Waals surface area (Å²) >= 11 is 0. The molecule has 1 N–H and O–H groups in total. The molecule has 2 aliphatic carbocycles. The van der Waals surface area contributed by atoms with Gasteiger partial charge in [0.2, 0.25) is 10.0 Å². The third-order valence-electron chi connectivity index (χ3n) is 6.73. The highest BCUT2D eigenvalue weighted by Crippen LogP contribution is 2.35. The molecule has 0 aliphatic heterocycles. The van der Waals surface area contributed by atoms with Crippen LogP contribution in [0.2, 0.25) is 0 Å². The molecule has 0 bridgehead atoms. The standard InChI is InChI=1S/C28H27FN4O2S/c1-18-30-27-14-8-20(16-25(27)28(31-18)32-22-9-10-22)19-7-13-26(29)21(15-19)17-33(23-11-12-23)36(34,35)24-5-3-2-4-6-24/h2-8,13-16,22-23H,9-12,17H2,1H3,(H,30,31,32). The fraction of sp³-hybridized carbons (Fsp3) is 0.286. The molecule has 1 heterocycles. The first-order valence-corrected chi connectivity index (χ1v) is 13.7. The van der Waals surface area contributed by atoms with Crippen LogP contribution < -0.4 is 5.32 Å². The van der Waals surface area contributed by atoms with Gasteiger partial charge in [-0.15, -0.1) is 0 Å². The van der Waals surface area contributed by atoms with Crippen molar-refractivity contribution in [2.24, 2.45) is 0 Å². The van der Waals surface area contributed by atoms with E-state index in [1.807, 2.05) is 25.1 Å². The number of fused-ring (bicyclic) bond motifs is 1. The second-order valence-corrected chi connectivity index (χ2v) is 11.6. The van der Waals surface area contributed by atoms with Crippen molar-refractivity contribution in [1.29, 1.82) is 0 Å². The van der Waals surface area contributed by atoms with E-state index < -0.39 is 15.8 Å². The lowest BCUT2D eigenvalue weighted by Gasteiger charge is -2.22. The molecular formula is C28H27FN4O2S. The molecule has 6 rings (SSSR count). The third kappa shape index (κ3) is 4.58. The van der Waals surface area contributed by atoms with Crippen LogP contribution in [0.5, 0.6) is 0 Å². The Bertz CT molecular complexity index is 1550. The molecule has 6 nitrogen and oxygen atoms in total. The number of nitrogens with zero attached hydrogens (tertiary/aromatic N) is 3. The number of aromatic nitrogens is 2. The molecule has 2 fully saturated rings. The topological polar surface area (TPSA) is 75.2 Å². The minimum absolute atomic E-state index is 0.00800. The SMILES string of the molecule is Cc1nc(NC2CC2)c2cc(-c3ccc(F)c(CN(C4CC4)S(=O)(=O)c4ccccc4)c3)ccc2n1. The van der Waals surface area contributed by atoms with Gasteiger partial charge in [-0.05, 0) is 80.1 Å². The predicted molar refractivity (Wildman–Crippen MR) is 139 cm³/mol. The summed E-state index contributed by atoms with van der Waals surface area (Å²) < 4.78 is 43.2. The van der Waals surface area contributed by atoms with E-state index in [9.17, 15) is 12.8 Å². The van der Waals surface area contributed by atoms with Gasteiger partial charge in [0, 0.05) is 29.6 Å². The molecule has 4 aromatic rings. The Hall–Kier alpha value is -3.36. The van der Waals surface area contributed by atoms with E-state index in [-0.39, 0.29) is 17.5 Å². The van der Waals surface area contributed by atoms with Crippen LogP contribution in [0, 0.1) is 12.7 Å². The van der Waals surface area contributed by atoms with Gasteiger partial charge in [-0.25, -0.2) is 22.8 Å². The summed E-state index contributed by atoms with van der Waals surface area (Å²) in [6, 6.07) is 19.6. The van der Waals surface area contributed by atoms with Crippen molar-refractivity contribution in [2.45, 2.75) is 56.1 Å². The van der Waals surface area contributed by atoms with Gasteiger partial charge in [-0.3, -0.25) is 0 Å². The number of aryl methyl sites for hydroxylation is 1. The summed E-state index contributed by atoms with van der Waals surface area (Å²) in [7, 11) is -3.73. The van der Waals surface area contributed by atoms with Crippen molar-refractivity contribution in [3.63, 3.8) is 0 Å². The predicted octanol–water partition coefficient (Wildman–Crippen LogP) is 5.67. The first-order valence-electron chi connectivity index (χ1n) is 12.3. The average molecular weight is 503 g/mol. The monoisotopic (exact) mass is 502 g/mol. The number of rotatable bonds is 8. The summed E-state index contributed by atoms with van der Waals surface area (Å²) in [6.07, 6.45) is 3.84. The summed E-state index contributed by atoms with van der Waals surface area (Å²) in [5.41, 5.74) is 2.93. The zero-order valence-corrected chi connectivity index (χ0v) is 20.8. The normalized spacial score (nSPS) is 16.0. The van der Waals surface area contributed by atoms with Gasteiger partial charge in [0.05, 0.1) is 10.4 Å². The quantitative estimate of drug-likeness (QED) is 0.336. The van der Waals surface area contributed by atoms with Crippen molar-refractivity contribution >= 4 is 26.7 Å². The number of halogens is 1. The molecule has 0 atom stereocenters. The number of benzene rings is 3. The lowest BCUT2D eigenvalue weighted by Crippen LogP contribution is -2.33. The molecular weight excluding hydrogens is 475 g/mol. The second kappa shape index (κ2) is 8.94. The van der Waals surface area contributed by atoms with Crippen LogP contribution in [-0.4, -0.2) is 34.8 Å². The van der Waals surface area contributed by atoms with Crippen molar-refractivity contribution in [1.82, 2.24) is 14.3 Å². The number of anilines is 1. The summed E-state index contributed by atoms with van der Waals surface area (Å²) in [5.74, 6) is 1.11. The number of sulfonamides is 1. The van der Waals surface area contributed by atoms with Crippen LogP contribution in [-0.2, 0) is 16.6 Å². The van der Waals surface area contributed by atoms with E-state index in [0.29, 0.717) is 17.4 Å². The first-order chi connectivity index (χ1) is 17.4. The molecule has 0 saturated heterocycles. The molecule has 3 aromatic carbocycles. The molecule has 2 aliphatic rings. The maximum Gasteiger partial charge on any atom is 0.243 e. The molecule has 8 heteroatoms. The zero-order valence-electron chi connectivity index (χ0n) is 20.0. The van der Waals surface area contributed by atoms with Crippen LogP contribution in [0.15, 0.2) is 71.6 Å². The maximum absolute atomic E-state index is 15.0. The second-order valence-electron chi connectivity index (χ2n) is 9.67. The Morgan fingerprint density at radius 3 is 2.39 bits per heavy atom. The lowest BCUT2D eigenvalue weighted by atomic mass is 10.0. The molecule has 0 spiro atoms. The number of hydrogen-bond acceptors (Lipinski definition) is 5. The minimum atomic E-state index is -3.73. The van der Waals surface area contributed by atoms with E-state index in [1.165, 1.54) is 10.4 Å². The van der Waals surface area contributed by atoms with Crippen molar-refractivity contribution in [2.75, 3.05) is 5.32 Å². The van der Waals surface area contributed by atoms with Crippen molar-refractivity contribution in [3.05, 3.63) is 83.9 Å². The largest absolute Gasteiger partial charge is 0.367 e. The van der Waals surface area contributed by atoms with E-state index in [1.54, 1.807) is 42.5 Å². The summed E-state index contributed by atoms with van der Waals surface area (Å²) in [6.45, 7) is 1.87. The fourth-order valence-corrected chi connectivity index (χ4v) is 6.18. The first kappa shape index (κ1) is 23.1. The van der Waals surface area contributed by atoms with Crippen LogP contribution in [0.25, 0.3) is 22.0 Å². The van der Waals surface area contributed by atoms with Gasteiger partial charge in [0.1, 0.15) is 17.5 Å². The Labute approximate surface area is 210 Å². The highest BCUT2D eigenvalue weighted by Gasteiger charge is 2.38. The number of hydrogen-bond donors (Lipinski definition) is 1. The number of nitrogens with one attached hydrogen (secondary N) is 1. The van der Waals surface area contributed by atoms with Gasteiger partial charge in [-0.2, -0.15) is 4.31 Å². The van der Waals surface area contributed by atoms with E-state index in [0.717, 1.165) is 53.5 Å². The fourth-order valence-electron chi connectivity index (χ4n) is 4.50. The van der Waals surface area contributed by atoms with Crippen LogP contribution in [0.1, 0.15) is 37.1 Å². The maximum atomic E-state index is 15.0. The Morgan fingerprint density at radius 2 is 1.67 bits per heavy atom. The van der Waals surface area contributed by atoms with Crippen LogP contribution in [0.4, 0.5) is 10.2 Å². The summed E-state index contributed by atoms with van der Waals surface area (Å²) in [4.78, 5) is 9.41. The van der Waals surface area contributed by atoms with E-state index >= 15 is 0 Å². The smallest absolute Gasteiger partial charge is 0.243 e. The molecule has 1 aromatic heterocycles. The van der Waals surface area contributed by atoms with Crippen LogP contribution >= 0.6 is 0 Å². The third-order valence-corrected chi connectivity index (χ3v) is 8.65. The summed E-state index contributed by atoms with van der Waals surface area (Å²) in [5, 5.41) is 4.41. The molecule has 36 heavy (non-hydrogen) atoms. The van der Waals surface area contributed by atoms with Crippen LogP contribution in [0.3, 0.4) is 0 Å². The molecule has 2 saturated carbocycles. The zero-order chi connectivity index (χ0) is 24.9. The van der Waals surface area contributed by atoms with Gasteiger partial charge >= 0.3 is 0 Å². The Morgan fingerprint density at radius 1 is 0.944 bits per heavy atom. The highest BCUT2D eigenvalue weighted by atomic mass is 32.2. The van der Waals surface area contributed by atoms with Gasteiger partial charge in [0.15, 0.2) is 0 Å². The van der Waals surface area contributed by atoms with E-state index in [4.69, 9.17) is 0 Å². The molecule has 0 amide bonds. The minimum Gasteiger partial charge on any atom is -0.367 e. The van der Waals surface area contributed by atoms with Gasteiger partial charge < -0.3 is 5.32 Å². The van der Waals surface area contributed by atoms with Crippen molar-refractivity contribution < 1.29 is 12.8 Å².